The molecule has 8 heavy (non-hydrogen) atoms. The molecule has 1 unspecified atom stereocenters. The number of hydrogen-bond acceptors (Lipinski definition) is 3. The monoisotopic (exact) mass is 111 g/mol. The van der Waals surface area contributed by atoms with Gasteiger partial charge in [0.1, 0.15) is 6.17 Å². The van der Waals surface area contributed by atoms with Gasteiger partial charge in [-0.3, -0.25) is 5.84 Å². The number of rotatable bonds is 1. The molecular weight excluding hydrogens is 102 g/mol. The van der Waals surface area contributed by atoms with Crippen LogP contribution in [-0.4, -0.2) is 6.17 Å². The first-order chi connectivity index (χ1) is 3.93. The number of dihydropyridines is 1. The van der Waals surface area contributed by atoms with Crippen LogP contribution in [0.3, 0.4) is 0 Å². The SMILES string of the molecule is NNC1C=CC=CN1. The van der Waals surface area contributed by atoms with E-state index in [2.05, 4.69) is 10.7 Å². The maximum atomic E-state index is 5.11. The van der Waals surface area contributed by atoms with Crippen molar-refractivity contribution in [2.45, 2.75) is 6.17 Å². The molecule has 1 heterocycles. The lowest BCUT2D eigenvalue weighted by Crippen LogP contribution is -2.42. The molecule has 0 amide bonds. The van der Waals surface area contributed by atoms with Crippen molar-refractivity contribution in [1.82, 2.24) is 10.7 Å². The second-order valence-electron chi connectivity index (χ2n) is 1.56. The van der Waals surface area contributed by atoms with E-state index < -0.39 is 0 Å². The Morgan fingerprint density at radius 3 is 2.75 bits per heavy atom. The summed E-state index contributed by atoms with van der Waals surface area (Å²) in [5, 5.41) is 2.97. The first-order valence-electron chi connectivity index (χ1n) is 2.49. The molecule has 3 heteroatoms. The Morgan fingerprint density at radius 2 is 2.38 bits per heavy atom. The molecule has 1 rings (SSSR count). The number of hydrogen-bond donors (Lipinski definition) is 3. The molecular formula is C5H9N3. The van der Waals surface area contributed by atoms with Crippen molar-refractivity contribution in [3.63, 3.8) is 0 Å². The second-order valence-corrected chi connectivity index (χ2v) is 1.56. The van der Waals surface area contributed by atoms with Gasteiger partial charge in [0.25, 0.3) is 0 Å². The van der Waals surface area contributed by atoms with Gasteiger partial charge in [-0.05, 0) is 18.4 Å². The number of hydrazine groups is 1. The molecule has 1 atom stereocenters. The minimum atomic E-state index is 0.0972. The van der Waals surface area contributed by atoms with Gasteiger partial charge >= 0.3 is 0 Å². The zero-order valence-corrected chi connectivity index (χ0v) is 4.46. The quantitative estimate of drug-likeness (QED) is 0.314. The average molecular weight is 111 g/mol. The van der Waals surface area contributed by atoms with E-state index >= 15 is 0 Å². The smallest absolute Gasteiger partial charge is 0.108 e. The van der Waals surface area contributed by atoms with Gasteiger partial charge in [-0.15, -0.1) is 0 Å². The minimum absolute atomic E-state index is 0.0972. The summed E-state index contributed by atoms with van der Waals surface area (Å²) in [6.45, 7) is 0. The molecule has 0 spiro atoms. The maximum Gasteiger partial charge on any atom is 0.108 e. The summed E-state index contributed by atoms with van der Waals surface area (Å²) in [6, 6.07) is 0. The molecule has 0 radical (unpaired) electrons. The van der Waals surface area contributed by atoms with Crippen molar-refractivity contribution in [1.29, 1.82) is 0 Å². The van der Waals surface area contributed by atoms with Crippen molar-refractivity contribution in [3.05, 3.63) is 24.4 Å². The van der Waals surface area contributed by atoms with E-state index in [9.17, 15) is 0 Å². The number of allylic oxidation sites excluding steroid dienone is 2. The van der Waals surface area contributed by atoms with Gasteiger partial charge in [-0.25, -0.2) is 5.43 Å². The summed E-state index contributed by atoms with van der Waals surface area (Å²) in [5.41, 5.74) is 2.55. The minimum Gasteiger partial charge on any atom is -0.372 e. The molecule has 1 aliphatic heterocycles. The van der Waals surface area contributed by atoms with Crippen LogP contribution >= 0.6 is 0 Å². The largest absolute Gasteiger partial charge is 0.372 e. The maximum absolute atomic E-state index is 5.11. The third kappa shape index (κ3) is 1.08. The van der Waals surface area contributed by atoms with Crippen LogP contribution in [0.15, 0.2) is 24.4 Å². The summed E-state index contributed by atoms with van der Waals surface area (Å²) in [4.78, 5) is 0. The molecule has 0 saturated heterocycles. The van der Waals surface area contributed by atoms with E-state index in [1.54, 1.807) is 0 Å². The van der Waals surface area contributed by atoms with Crippen molar-refractivity contribution in [2.75, 3.05) is 0 Å². The fourth-order valence-corrected chi connectivity index (χ4v) is 0.549. The van der Waals surface area contributed by atoms with Crippen LogP contribution in [0.2, 0.25) is 0 Å². The van der Waals surface area contributed by atoms with Crippen molar-refractivity contribution in [2.24, 2.45) is 5.84 Å². The van der Waals surface area contributed by atoms with Crippen LogP contribution in [0.1, 0.15) is 0 Å². The molecule has 44 valence electrons. The second kappa shape index (κ2) is 2.49. The standard InChI is InChI=1S/C5H9N3/c6-8-5-3-1-2-4-7-5/h1-5,7-8H,6H2. The van der Waals surface area contributed by atoms with Crippen molar-refractivity contribution < 1.29 is 0 Å². The molecule has 4 N–H and O–H groups in total. The van der Waals surface area contributed by atoms with Gasteiger partial charge in [-0.2, -0.15) is 0 Å². The summed E-state index contributed by atoms with van der Waals surface area (Å²) >= 11 is 0. The van der Waals surface area contributed by atoms with Gasteiger partial charge in [0, 0.05) is 0 Å². The van der Waals surface area contributed by atoms with Crippen LogP contribution in [0.4, 0.5) is 0 Å². The summed E-state index contributed by atoms with van der Waals surface area (Å²) in [5.74, 6) is 5.11. The van der Waals surface area contributed by atoms with Crippen LogP contribution in [-0.2, 0) is 0 Å². The van der Waals surface area contributed by atoms with Gasteiger partial charge < -0.3 is 5.32 Å². The molecule has 0 fully saturated rings. The Hall–Kier alpha value is -0.800. The third-order valence-electron chi connectivity index (χ3n) is 0.966. The fraction of sp³-hybridized carbons (Fsp3) is 0.200. The Kier molecular flexibility index (Phi) is 1.66. The fourth-order valence-electron chi connectivity index (χ4n) is 0.549. The van der Waals surface area contributed by atoms with Gasteiger partial charge in [-0.1, -0.05) is 6.08 Å². The summed E-state index contributed by atoms with van der Waals surface area (Å²) < 4.78 is 0. The molecule has 0 bridgehead atoms. The van der Waals surface area contributed by atoms with E-state index in [4.69, 9.17) is 5.84 Å². The highest BCUT2D eigenvalue weighted by molar-refractivity contribution is 5.10. The van der Waals surface area contributed by atoms with E-state index in [0.717, 1.165) is 0 Å². The Bertz CT molecular complexity index is 117. The van der Waals surface area contributed by atoms with Crippen molar-refractivity contribution in [3.8, 4) is 0 Å². The zero-order valence-electron chi connectivity index (χ0n) is 4.46. The van der Waals surface area contributed by atoms with E-state index in [1.807, 2.05) is 24.4 Å². The average Bonchev–Trinajstić information content (AvgIpc) is 1.90. The molecule has 0 aromatic rings. The Balaban J connectivity index is 2.40. The summed E-state index contributed by atoms with van der Waals surface area (Å²) in [7, 11) is 0. The zero-order chi connectivity index (χ0) is 5.82. The van der Waals surface area contributed by atoms with E-state index in [0.29, 0.717) is 0 Å². The topological polar surface area (TPSA) is 50.1 Å². The first kappa shape index (κ1) is 5.34. The summed E-state index contributed by atoms with van der Waals surface area (Å²) in [6.07, 6.45) is 7.71. The lowest BCUT2D eigenvalue weighted by Gasteiger charge is -2.12. The van der Waals surface area contributed by atoms with Crippen LogP contribution in [0, 0.1) is 0 Å². The molecule has 3 nitrogen and oxygen atoms in total. The highest BCUT2D eigenvalue weighted by atomic mass is 15.3. The van der Waals surface area contributed by atoms with Gasteiger partial charge in [0.2, 0.25) is 0 Å². The normalized spacial score (nSPS) is 25.4. The predicted octanol–water partition coefficient (Wildman–Crippen LogP) is -0.551. The molecule has 0 aliphatic carbocycles. The molecule has 0 aromatic carbocycles. The highest BCUT2D eigenvalue weighted by Gasteiger charge is 1.96. The van der Waals surface area contributed by atoms with Gasteiger partial charge in [0.15, 0.2) is 0 Å². The Labute approximate surface area is 48.2 Å². The molecule has 0 saturated carbocycles. The lowest BCUT2D eigenvalue weighted by atomic mass is 10.3. The number of nitrogens with one attached hydrogen (secondary N) is 2. The molecule has 0 aromatic heterocycles. The highest BCUT2D eigenvalue weighted by Crippen LogP contribution is 1.87. The number of nitrogens with two attached hydrogens (primary N) is 1. The van der Waals surface area contributed by atoms with E-state index in [-0.39, 0.29) is 6.17 Å². The van der Waals surface area contributed by atoms with Crippen LogP contribution in [0.5, 0.6) is 0 Å². The van der Waals surface area contributed by atoms with Crippen molar-refractivity contribution >= 4 is 0 Å². The predicted molar refractivity (Wildman–Crippen MR) is 32.5 cm³/mol. The Morgan fingerprint density at radius 1 is 1.50 bits per heavy atom. The third-order valence-corrected chi connectivity index (χ3v) is 0.966. The first-order valence-corrected chi connectivity index (χ1v) is 2.49. The van der Waals surface area contributed by atoms with Crippen LogP contribution in [0.25, 0.3) is 0 Å². The van der Waals surface area contributed by atoms with Crippen LogP contribution < -0.4 is 16.6 Å². The van der Waals surface area contributed by atoms with Gasteiger partial charge in [0.05, 0.1) is 0 Å². The lowest BCUT2D eigenvalue weighted by molar-refractivity contribution is 0.567. The molecule has 1 aliphatic rings. The van der Waals surface area contributed by atoms with E-state index in [1.165, 1.54) is 0 Å².